The second kappa shape index (κ2) is 6.03. The van der Waals surface area contributed by atoms with E-state index in [9.17, 15) is 4.79 Å². The van der Waals surface area contributed by atoms with Crippen LogP contribution >= 0.6 is 0 Å². The highest BCUT2D eigenvalue weighted by atomic mass is 16.1. The molecule has 1 heterocycles. The fourth-order valence-electron chi connectivity index (χ4n) is 1.40. The number of hydrogen-bond acceptors (Lipinski definition) is 5. The summed E-state index contributed by atoms with van der Waals surface area (Å²) >= 11 is 0. The molecule has 0 bridgehead atoms. The van der Waals surface area contributed by atoms with Crippen LogP contribution in [0.5, 0.6) is 0 Å². The molecule has 1 aromatic heterocycles. The highest BCUT2D eigenvalue weighted by Gasteiger charge is 2.06. The van der Waals surface area contributed by atoms with E-state index in [1.807, 2.05) is 13.8 Å². The van der Waals surface area contributed by atoms with E-state index in [0.717, 1.165) is 5.56 Å². The van der Waals surface area contributed by atoms with Gasteiger partial charge in [0.1, 0.15) is 17.5 Å². The summed E-state index contributed by atoms with van der Waals surface area (Å²) in [5.41, 5.74) is 6.54. The van der Waals surface area contributed by atoms with Crippen LogP contribution in [0.1, 0.15) is 24.7 Å². The van der Waals surface area contributed by atoms with Gasteiger partial charge in [0, 0.05) is 25.1 Å². The summed E-state index contributed by atoms with van der Waals surface area (Å²) in [5.74, 6) is 1.81. The largest absolute Gasteiger partial charge is 0.383 e. The van der Waals surface area contributed by atoms with Crippen LogP contribution in [0.3, 0.4) is 0 Å². The minimum Gasteiger partial charge on any atom is -0.383 e. The Hall–Kier alpha value is -1.85. The first kappa shape index (κ1) is 13.2. The van der Waals surface area contributed by atoms with Gasteiger partial charge in [-0.1, -0.05) is 0 Å². The highest BCUT2D eigenvalue weighted by molar-refractivity contribution is 5.76. The average Bonchev–Trinajstić information content (AvgIpc) is 2.25. The molecule has 1 rings (SSSR count). The molecular formula is C11H19N5O. The molecule has 0 aliphatic carbocycles. The van der Waals surface area contributed by atoms with E-state index in [1.54, 1.807) is 6.92 Å². The first-order valence-electron chi connectivity index (χ1n) is 5.65. The van der Waals surface area contributed by atoms with Gasteiger partial charge in [-0.15, -0.1) is 0 Å². The second-order valence-corrected chi connectivity index (χ2v) is 3.76. The maximum absolute atomic E-state index is 11.2. The summed E-state index contributed by atoms with van der Waals surface area (Å²) in [6.07, 6.45) is 0.413. The number of nitrogens with zero attached hydrogens (tertiary/aromatic N) is 2. The van der Waals surface area contributed by atoms with Crippen molar-refractivity contribution in [1.29, 1.82) is 0 Å². The van der Waals surface area contributed by atoms with E-state index in [-0.39, 0.29) is 5.91 Å². The van der Waals surface area contributed by atoms with Crippen molar-refractivity contribution >= 4 is 17.5 Å². The summed E-state index contributed by atoms with van der Waals surface area (Å²) in [5, 5.41) is 5.82. The molecule has 0 spiro atoms. The van der Waals surface area contributed by atoms with Crippen molar-refractivity contribution in [3.05, 3.63) is 11.4 Å². The molecule has 1 aromatic rings. The molecule has 94 valence electrons. The number of nitrogens with two attached hydrogens (primary N) is 1. The Bertz CT molecular complexity index is 405. The molecule has 0 unspecified atom stereocenters. The van der Waals surface area contributed by atoms with Gasteiger partial charge < -0.3 is 16.4 Å². The summed E-state index contributed by atoms with van der Waals surface area (Å²) in [6, 6.07) is 0. The number of carbonyl (C=O) groups is 1. The minimum atomic E-state index is 0.0244. The van der Waals surface area contributed by atoms with Crippen LogP contribution < -0.4 is 16.4 Å². The summed E-state index contributed by atoms with van der Waals surface area (Å²) in [6.45, 7) is 6.71. The minimum absolute atomic E-state index is 0.0244. The maximum Gasteiger partial charge on any atom is 0.221 e. The highest BCUT2D eigenvalue weighted by Crippen LogP contribution is 2.16. The van der Waals surface area contributed by atoms with Gasteiger partial charge in [-0.3, -0.25) is 4.79 Å². The Kier molecular flexibility index (Phi) is 4.68. The van der Waals surface area contributed by atoms with Crippen molar-refractivity contribution in [3.63, 3.8) is 0 Å². The van der Waals surface area contributed by atoms with Gasteiger partial charge in [0.15, 0.2) is 0 Å². The standard InChI is InChI=1S/C11H19N5O/c1-4-13-9(17)5-6-14-11-7(2)10(12)15-8(3)16-11/h4-6H2,1-3H3,(H,13,17)(H3,12,14,15,16). The van der Waals surface area contributed by atoms with Crippen molar-refractivity contribution in [2.24, 2.45) is 0 Å². The van der Waals surface area contributed by atoms with Crippen molar-refractivity contribution in [3.8, 4) is 0 Å². The number of carbonyl (C=O) groups excluding carboxylic acids is 1. The number of amides is 1. The van der Waals surface area contributed by atoms with Crippen molar-refractivity contribution in [2.75, 3.05) is 24.1 Å². The van der Waals surface area contributed by atoms with Gasteiger partial charge in [0.25, 0.3) is 0 Å². The lowest BCUT2D eigenvalue weighted by Gasteiger charge is -2.10. The van der Waals surface area contributed by atoms with Gasteiger partial charge in [-0.2, -0.15) is 0 Å². The van der Waals surface area contributed by atoms with Crippen LogP contribution in [0.15, 0.2) is 0 Å². The number of hydrogen-bond donors (Lipinski definition) is 3. The molecule has 0 radical (unpaired) electrons. The topological polar surface area (TPSA) is 92.9 Å². The SMILES string of the molecule is CCNC(=O)CCNc1nc(C)nc(N)c1C. The summed E-state index contributed by atoms with van der Waals surface area (Å²) in [4.78, 5) is 19.5. The van der Waals surface area contributed by atoms with Gasteiger partial charge in [-0.25, -0.2) is 9.97 Å². The fourth-order valence-corrected chi connectivity index (χ4v) is 1.40. The van der Waals surface area contributed by atoms with E-state index in [4.69, 9.17) is 5.73 Å². The van der Waals surface area contributed by atoms with E-state index < -0.39 is 0 Å². The molecule has 6 nitrogen and oxygen atoms in total. The second-order valence-electron chi connectivity index (χ2n) is 3.76. The van der Waals surface area contributed by atoms with E-state index in [0.29, 0.717) is 37.0 Å². The van der Waals surface area contributed by atoms with E-state index in [2.05, 4.69) is 20.6 Å². The van der Waals surface area contributed by atoms with Crippen molar-refractivity contribution in [2.45, 2.75) is 27.2 Å². The Balaban J connectivity index is 2.55. The zero-order chi connectivity index (χ0) is 12.8. The van der Waals surface area contributed by atoms with Crippen LogP contribution in [-0.2, 0) is 4.79 Å². The first-order chi connectivity index (χ1) is 8.04. The first-order valence-corrected chi connectivity index (χ1v) is 5.65. The number of aryl methyl sites for hydroxylation is 1. The van der Waals surface area contributed by atoms with Crippen LogP contribution in [0.25, 0.3) is 0 Å². The predicted octanol–water partition coefficient (Wildman–Crippen LogP) is 0.614. The number of nitrogens with one attached hydrogen (secondary N) is 2. The van der Waals surface area contributed by atoms with Crippen LogP contribution in [-0.4, -0.2) is 29.0 Å². The van der Waals surface area contributed by atoms with Crippen LogP contribution in [0, 0.1) is 13.8 Å². The Labute approximate surface area is 101 Å². The smallest absolute Gasteiger partial charge is 0.221 e. The average molecular weight is 237 g/mol. The molecule has 6 heteroatoms. The fraction of sp³-hybridized carbons (Fsp3) is 0.545. The zero-order valence-corrected chi connectivity index (χ0v) is 10.5. The Morgan fingerprint density at radius 1 is 1.35 bits per heavy atom. The molecule has 0 aliphatic heterocycles. The molecular weight excluding hydrogens is 218 g/mol. The van der Waals surface area contributed by atoms with Gasteiger partial charge in [0.2, 0.25) is 5.91 Å². The molecule has 0 saturated carbocycles. The lowest BCUT2D eigenvalue weighted by Crippen LogP contribution is -2.25. The van der Waals surface area contributed by atoms with Gasteiger partial charge >= 0.3 is 0 Å². The lowest BCUT2D eigenvalue weighted by atomic mass is 10.3. The molecule has 0 saturated heterocycles. The number of anilines is 2. The van der Waals surface area contributed by atoms with Crippen molar-refractivity contribution < 1.29 is 4.79 Å². The molecule has 1 amide bonds. The Morgan fingerprint density at radius 3 is 2.71 bits per heavy atom. The quantitative estimate of drug-likeness (QED) is 0.698. The number of aromatic nitrogens is 2. The molecule has 0 atom stereocenters. The number of rotatable bonds is 5. The molecule has 0 aliphatic rings. The monoisotopic (exact) mass is 237 g/mol. The van der Waals surface area contributed by atoms with Crippen LogP contribution in [0.2, 0.25) is 0 Å². The van der Waals surface area contributed by atoms with E-state index in [1.165, 1.54) is 0 Å². The van der Waals surface area contributed by atoms with Crippen molar-refractivity contribution in [1.82, 2.24) is 15.3 Å². The predicted molar refractivity (Wildman–Crippen MR) is 67.7 cm³/mol. The molecule has 4 N–H and O–H groups in total. The molecule has 17 heavy (non-hydrogen) atoms. The third-order valence-corrected chi connectivity index (χ3v) is 2.31. The zero-order valence-electron chi connectivity index (χ0n) is 10.5. The Morgan fingerprint density at radius 2 is 2.06 bits per heavy atom. The normalized spacial score (nSPS) is 10.1. The lowest BCUT2D eigenvalue weighted by molar-refractivity contribution is -0.120. The molecule has 0 aromatic carbocycles. The third kappa shape index (κ3) is 3.90. The van der Waals surface area contributed by atoms with Gasteiger partial charge in [-0.05, 0) is 20.8 Å². The van der Waals surface area contributed by atoms with Gasteiger partial charge in [0.05, 0.1) is 0 Å². The maximum atomic E-state index is 11.2. The summed E-state index contributed by atoms with van der Waals surface area (Å²) in [7, 11) is 0. The van der Waals surface area contributed by atoms with Crippen LogP contribution in [0.4, 0.5) is 11.6 Å². The summed E-state index contributed by atoms with van der Waals surface area (Å²) < 4.78 is 0. The number of nitrogen functional groups attached to an aromatic ring is 1. The van der Waals surface area contributed by atoms with E-state index >= 15 is 0 Å². The molecule has 0 fully saturated rings. The third-order valence-electron chi connectivity index (χ3n) is 2.31.